The van der Waals surface area contributed by atoms with E-state index in [9.17, 15) is 0 Å². The van der Waals surface area contributed by atoms with Gasteiger partial charge in [-0.3, -0.25) is 0 Å². The van der Waals surface area contributed by atoms with Crippen molar-refractivity contribution < 1.29 is 0 Å². The van der Waals surface area contributed by atoms with Crippen LogP contribution >= 0.6 is 11.8 Å². The van der Waals surface area contributed by atoms with Gasteiger partial charge >= 0.3 is 0 Å². The summed E-state index contributed by atoms with van der Waals surface area (Å²) in [7, 11) is 0. The summed E-state index contributed by atoms with van der Waals surface area (Å²) in [4.78, 5) is 1.37. The summed E-state index contributed by atoms with van der Waals surface area (Å²) < 4.78 is 0. The molecule has 1 rings (SSSR count). The minimum Gasteiger partial charge on any atom is -0.129 e. The Bertz CT molecular complexity index is 313. The zero-order valence-corrected chi connectivity index (χ0v) is 9.37. The van der Waals surface area contributed by atoms with Crippen molar-refractivity contribution in [2.24, 2.45) is 0 Å². The Morgan fingerprint density at radius 1 is 1.46 bits per heavy atom. The summed E-state index contributed by atoms with van der Waals surface area (Å²) in [5.74, 6) is 0. The second-order valence-electron chi connectivity index (χ2n) is 3.44. The van der Waals surface area contributed by atoms with Gasteiger partial charge in [0.15, 0.2) is 0 Å². The molecule has 0 heterocycles. The number of allylic oxidation sites excluding steroid dienone is 1. The van der Waals surface area contributed by atoms with Crippen LogP contribution in [0.1, 0.15) is 18.1 Å². The molecule has 0 aliphatic carbocycles. The Hall–Kier alpha value is -0.690. The molecule has 1 aromatic rings. The molecule has 0 nitrogen and oxygen atoms in total. The smallest absolute Gasteiger partial charge is 0.00985 e. The molecule has 0 fully saturated rings. The van der Waals surface area contributed by atoms with Crippen LogP contribution in [0.5, 0.6) is 0 Å². The first-order valence-electron chi connectivity index (χ1n) is 4.41. The molecular weight excluding hydrogens is 176 g/mol. The third-order valence-corrected chi connectivity index (χ3v) is 2.86. The van der Waals surface area contributed by atoms with Gasteiger partial charge in [-0.15, -0.1) is 11.8 Å². The van der Waals surface area contributed by atoms with Crippen molar-refractivity contribution in [3.63, 3.8) is 0 Å². The molecule has 1 aromatic carbocycles. The molecule has 0 amide bonds. The van der Waals surface area contributed by atoms with Crippen molar-refractivity contribution in [2.45, 2.75) is 25.2 Å². The fraction of sp³-hybridized carbons (Fsp3) is 0.333. The lowest BCUT2D eigenvalue weighted by Gasteiger charge is -2.05. The lowest BCUT2D eigenvalue weighted by atomic mass is 10.1. The summed E-state index contributed by atoms with van der Waals surface area (Å²) in [6.07, 6.45) is 3.11. The molecule has 0 N–H and O–H groups in total. The molecule has 0 saturated carbocycles. The molecule has 0 bridgehead atoms. The van der Waals surface area contributed by atoms with Gasteiger partial charge in [0, 0.05) is 4.90 Å². The van der Waals surface area contributed by atoms with E-state index in [1.165, 1.54) is 21.6 Å². The fourth-order valence-corrected chi connectivity index (χ4v) is 1.98. The molecule has 0 aliphatic heterocycles. The predicted molar refractivity (Wildman–Crippen MR) is 61.5 cm³/mol. The first-order valence-corrected chi connectivity index (χ1v) is 5.64. The second kappa shape index (κ2) is 4.52. The SMILES string of the molecule is C=C(C)Cc1ccc(SC)c(C)c1. The van der Waals surface area contributed by atoms with Gasteiger partial charge in [-0.1, -0.05) is 24.3 Å². The van der Waals surface area contributed by atoms with Gasteiger partial charge in [-0.05, 0) is 43.7 Å². The summed E-state index contributed by atoms with van der Waals surface area (Å²) in [6, 6.07) is 6.63. The quantitative estimate of drug-likeness (QED) is 0.518. The Kier molecular flexibility index (Phi) is 3.61. The average Bonchev–Trinajstić information content (AvgIpc) is 2.03. The van der Waals surface area contributed by atoms with Gasteiger partial charge in [0.05, 0.1) is 0 Å². The van der Waals surface area contributed by atoms with Crippen molar-refractivity contribution in [3.8, 4) is 0 Å². The van der Waals surface area contributed by atoms with Gasteiger partial charge in [0.2, 0.25) is 0 Å². The van der Waals surface area contributed by atoms with E-state index in [0.29, 0.717) is 0 Å². The zero-order valence-electron chi connectivity index (χ0n) is 8.55. The van der Waals surface area contributed by atoms with Gasteiger partial charge < -0.3 is 0 Å². The Morgan fingerprint density at radius 3 is 2.62 bits per heavy atom. The van der Waals surface area contributed by atoms with E-state index in [4.69, 9.17) is 0 Å². The molecule has 70 valence electrons. The topological polar surface area (TPSA) is 0 Å². The van der Waals surface area contributed by atoms with E-state index >= 15 is 0 Å². The highest BCUT2D eigenvalue weighted by atomic mass is 32.2. The van der Waals surface area contributed by atoms with Gasteiger partial charge in [-0.2, -0.15) is 0 Å². The zero-order chi connectivity index (χ0) is 9.84. The molecule has 0 unspecified atom stereocenters. The van der Waals surface area contributed by atoms with Crippen molar-refractivity contribution in [1.82, 2.24) is 0 Å². The summed E-state index contributed by atoms with van der Waals surface area (Å²) >= 11 is 1.80. The minimum atomic E-state index is 0.996. The number of thioether (sulfide) groups is 1. The Morgan fingerprint density at radius 2 is 2.15 bits per heavy atom. The molecule has 0 saturated heterocycles. The first-order chi connectivity index (χ1) is 6.13. The maximum Gasteiger partial charge on any atom is 0.00985 e. The predicted octanol–water partition coefficient (Wildman–Crippen LogP) is 3.84. The van der Waals surface area contributed by atoms with Crippen LogP contribution in [0.15, 0.2) is 35.2 Å². The van der Waals surface area contributed by atoms with E-state index < -0.39 is 0 Å². The number of rotatable bonds is 3. The van der Waals surface area contributed by atoms with E-state index in [-0.39, 0.29) is 0 Å². The lowest BCUT2D eigenvalue weighted by Crippen LogP contribution is -1.88. The van der Waals surface area contributed by atoms with Crippen molar-refractivity contribution >= 4 is 11.8 Å². The number of benzene rings is 1. The third-order valence-electron chi connectivity index (χ3n) is 1.97. The summed E-state index contributed by atoms with van der Waals surface area (Å²) in [6.45, 7) is 8.15. The molecular formula is C12H16S. The van der Waals surface area contributed by atoms with E-state index in [1.54, 1.807) is 11.8 Å². The van der Waals surface area contributed by atoms with Crippen LogP contribution in [0.25, 0.3) is 0 Å². The number of hydrogen-bond acceptors (Lipinski definition) is 1. The fourth-order valence-electron chi connectivity index (χ4n) is 1.40. The monoisotopic (exact) mass is 192 g/mol. The van der Waals surface area contributed by atoms with Crippen molar-refractivity contribution in [1.29, 1.82) is 0 Å². The van der Waals surface area contributed by atoms with Crippen LogP contribution in [0.3, 0.4) is 0 Å². The summed E-state index contributed by atoms with van der Waals surface area (Å²) in [5.41, 5.74) is 3.95. The molecule has 0 aliphatic rings. The highest BCUT2D eigenvalue weighted by Gasteiger charge is 1.98. The molecule has 1 heteroatoms. The van der Waals surface area contributed by atoms with E-state index in [0.717, 1.165) is 6.42 Å². The highest BCUT2D eigenvalue weighted by molar-refractivity contribution is 7.98. The van der Waals surface area contributed by atoms with Crippen LogP contribution in [0, 0.1) is 6.92 Å². The minimum absolute atomic E-state index is 0.996. The summed E-state index contributed by atoms with van der Waals surface area (Å²) in [5, 5.41) is 0. The number of aryl methyl sites for hydroxylation is 1. The second-order valence-corrected chi connectivity index (χ2v) is 4.29. The average molecular weight is 192 g/mol. The standard InChI is InChI=1S/C12H16S/c1-9(2)7-11-5-6-12(13-4)10(3)8-11/h5-6,8H,1,7H2,2-4H3. The molecule has 13 heavy (non-hydrogen) atoms. The van der Waals surface area contributed by atoms with Crippen molar-refractivity contribution in [2.75, 3.05) is 6.26 Å². The Labute approximate surface area is 85.1 Å². The van der Waals surface area contributed by atoms with Gasteiger partial charge in [0.25, 0.3) is 0 Å². The van der Waals surface area contributed by atoms with Crippen LogP contribution in [0.2, 0.25) is 0 Å². The maximum absolute atomic E-state index is 3.92. The van der Waals surface area contributed by atoms with Gasteiger partial charge in [-0.25, -0.2) is 0 Å². The van der Waals surface area contributed by atoms with E-state index in [2.05, 4.69) is 44.9 Å². The lowest BCUT2D eigenvalue weighted by molar-refractivity contribution is 1.13. The van der Waals surface area contributed by atoms with Gasteiger partial charge in [0.1, 0.15) is 0 Å². The van der Waals surface area contributed by atoms with Crippen molar-refractivity contribution in [3.05, 3.63) is 41.5 Å². The molecule has 0 radical (unpaired) electrons. The molecule has 0 spiro atoms. The largest absolute Gasteiger partial charge is 0.129 e. The van der Waals surface area contributed by atoms with Crippen LogP contribution in [0.4, 0.5) is 0 Å². The van der Waals surface area contributed by atoms with Crippen LogP contribution in [-0.4, -0.2) is 6.26 Å². The highest BCUT2D eigenvalue weighted by Crippen LogP contribution is 2.21. The third kappa shape index (κ3) is 2.92. The van der Waals surface area contributed by atoms with Crippen LogP contribution < -0.4 is 0 Å². The number of hydrogen-bond donors (Lipinski definition) is 0. The first kappa shape index (κ1) is 10.4. The maximum atomic E-state index is 3.92. The normalized spacial score (nSPS) is 10.1. The van der Waals surface area contributed by atoms with E-state index in [1.807, 2.05) is 0 Å². The Balaban J connectivity index is 2.89. The van der Waals surface area contributed by atoms with Crippen LogP contribution in [-0.2, 0) is 6.42 Å². The molecule has 0 atom stereocenters. The molecule has 0 aromatic heterocycles.